The van der Waals surface area contributed by atoms with E-state index in [-0.39, 0.29) is 22.9 Å². The summed E-state index contributed by atoms with van der Waals surface area (Å²) in [5.74, 6) is -0.568. The smallest absolute Gasteiger partial charge is 0.419 e. The lowest BCUT2D eigenvalue weighted by molar-refractivity contribution is -0.139. The largest absolute Gasteiger partial charge is 0.490 e. The molecule has 0 amide bonds. The molecule has 0 unspecified atom stereocenters. The van der Waals surface area contributed by atoms with Crippen molar-refractivity contribution in [2.24, 2.45) is 5.73 Å². The monoisotopic (exact) mass is 299 g/mol. The van der Waals surface area contributed by atoms with Gasteiger partial charge in [-0.25, -0.2) is 0 Å². The van der Waals surface area contributed by atoms with Gasteiger partial charge in [-0.3, -0.25) is 5.41 Å². The van der Waals surface area contributed by atoms with Crippen molar-refractivity contribution in [2.75, 3.05) is 0 Å². The van der Waals surface area contributed by atoms with Crippen LogP contribution in [-0.2, 0) is 6.18 Å². The van der Waals surface area contributed by atoms with E-state index in [9.17, 15) is 13.2 Å². The van der Waals surface area contributed by atoms with Crippen LogP contribution < -0.4 is 10.5 Å². The van der Waals surface area contributed by atoms with Gasteiger partial charge in [0.1, 0.15) is 11.6 Å². The van der Waals surface area contributed by atoms with Crippen LogP contribution in [0.25, 0.3) is 0 Å². The van der Waals surface area contributed by atoms with E-state index in [1.807, 2.05) is 0 Å². The minimum absolute atomic E-state index is 0.0625. The molecule has 0 radical (unpaired) electrons. The first-order valence-corrected chi connectivity index (χ1v) is 6.10. The predicted molar refractivity (Wildman–Crippen MR) is 75.1 cm³/mol. The van der Waals surface area contributed by atoms with Gasteiger partial charge in [0.25, 0.3) is 0 Å². The number of hydrogen-bond acceptors (Lipinski definition) is 3. The molecular formula is C14H16F3N3O. The Morgan fingerprint density at radius 3 is 2.33 bits per heavy atom. The fourth-order valence-corrected chi connectivity index (χ4v) is 1.54. The highest BCUT2D eigenvalue weighted by atomic mass is 19.4. The summed E-state index contributed by atoms with van der Waals surface area (Å²) in [5, 5.41) is 14.8. The first-order valence-electron chi connectivity index (χ1n) is 6.10. The van der Waals surface area contributed by atoms with Gasteiger partial charge < -0.3 is 15.9 Å². The number of alkyl halides is 3. The summed E-state index contributed by atoms with van der Waals surface area (Å²) in [6, 6.07) is 3.22. The van der Waals surface area contributed by atoms with Crippen molar-refractivity contribution in [3.8, 4) is 5.75 Å². The molecule has 0 aromatic heterocycles. The van der Waals surface area contributed by atoms with Crippen molar-refractivity contribution in [3.63, 3.8) is 0 Å². The van der Waals surface area contributed by atoms with Crippen LogP contribution in [0.2, 0.25) is 0 Å². The molecule has 4 nitrogen and oxygen atoms in total. The van der Waals surface area contributed by atoms with Gasteiger partial charge >= 0.3 is 6.18 Å². The maximum atomic E-state index is 12.9. The van der Waals surface area contributed by atoms with Gasteiger partial charge in [0.15, 0.2) is 0 Å². The zero-order valence-electron chi connectivity index (χ0n) is 11.6. The lowest BCUT2D eigenvalue weighted by Gasteiger charge is -2.17. The van der Waals surface area contributed by atoms with Crippen LogP contribution >= 0.6 is 0 Å². The summed E-state index contributed by atoms with van der Waals surface area (Å²) in [7, 11) is 0. The molecule has 0 saturated heterocycles. The lowest BCUT2D eigenvalue weighted by Crippen LogP contribution is -2.14. The number of rotatable bonds is 5. The van der Waals surface area contributed by atoms with Gasteiger partial charge in [-0.1, -0.05) is 6.07 Å². The Bertz CT molecular complexity index is 577. The van der Waals surface area contributed by atoms with Gasteiger partial charge in [-0.05, 0) is 38.1 Å². The maximum absolute atomic E-state index is 12.9. The maximum Gasteiger partial charge on any atom is 0.419 e. The van der Waals surface area contributed by atoms with E-state index < -0.39 is 17.8 Å². The first-order chi connectivity index (χ1) is 9.61. The summed E-state index contributed by atoms with van der Waals surface area (Å²) in [6.45, 7) is 3.24. The van der Waals surface area contributed by atoms with Crippen molar-refractivity contribution in [1.29, 1.82) is 10.8 Å². The van der Waals surface area contributed by atoms with Crippen LogP contribution in [0.1, 0.15) is 25.0 Å². The van der Waals surface area contributed by atoms with E-state index in [1.165, 1.54) is 18.2 Å². The van der Waals surface area contributed by atoms with Crippen molar-refractivity contribution in [1.82, 2.24) is 0 Å². The fraction of sp³-hybridized carbons (Fsp3) is 0.286. The molecule has 0 aliphatic rings. The number of hydrogen-bond donors (Lipinski definition) is 3. The van der Waals surface area contributed by atoms with Crippen LogP contribution in [-0.4, -0.2) is 17.7 Å². The molecule has 1 rings (SSSR count). The summed E-state index contributed by atoms with van der Waals surface area (Å²) < 4.78 is 43.9. The van der Waals surface area contributed by atoms with E-state index in [0.717, 1.165) is 12.1 Å². The molecule has 0 spiro atoms. The number of nitrogens with two attached hydrogens (primary N) is 1. The van der Waals surface area contributed by atoms with Gasteiger partial charge in [0.05, 0.1) is 17.4 Å². The number of halogens is 3. The summed E-state index contributed by atoms with van der Waals surface area (Å²) in [6.07, 6.45) is -2.53. The molecule has 1 aromatic carbocycles. The van der Waals surface area contributed by atoms with Crippen LogP contribution in [0, 0.1) is 10.8 Å². The molecule has 0 bridgehead atoms. The molecule has 114 valence electrons. The fourth-order valence-electron chi connectivity index (χ4n) is 1.54. The van der Waals surface area contributed by atoms with E-state index in [0.29, 0.717) is 0 Å². The SMILES string of the molecule is CC(C)Oc1cc(C(=N)/C=C\C(=N)N)ccc1C(F)(F)F. The highest BCUT2D eigenvalue weighted by Gasteiger charge is 2.34. The van der Waals surface area contributed by atoms with Gasteiger partial charge in [-0.2, -0.15) is 13.2 Å². The topological polar surface area (TPSA) is 83.0 Å². The van der Waals surface area contributed by atoms with E-state index in [1.54, 1.807) is 13.8 Å². The van der Waals surface area contributed by atoms with Crippen molar-refractivity contribution < 1.29 is 17.9 Å². The number of benzene rings is 1. The Labute approximate surface area is 120 Å². The molecule has 21 heavy (non-hydrogen) atoms. The zero-order valence-corrected chi connectivity index (χ0v) is 11.6. The molecular weight excluding hydrogens is 283 g/mol. The van der Waals surface area contributed by atoms with E-state index in [4.69, 9.17) is 21.3 Å². The molecule has 0 atom stereocenters. The number of allylic oxidation sites excluding steroid dienone is 1. The molecule has 0 aliphatic carbocycles. The number of ether oxygens (including phenoxy) is 1. The molecule has 0 aliphatic heterocycles. The van der Waals surface area contributed by atoms with E-state index >= 15 is 0 Å². The molecule has 7 heteroatoms. The Kier molecular flexibility index (Phi) is 5.12. The second-order valence-corrected chi connectivity index (χ2v) is 4.58. The average Bonchev–Trinajstić information content (AvgIpc) is 2.33. The third kappa shape index (κ3) is 4.94. The highest BCUT2D eigenvalue weighted by molar-refractivity contribution is 6.09. The molecule has 0 fully saturated rings. The standard InChI is InChI=1S/C14H16F3N3O/c1-8(2)21-12-7-9(11(18)5-6-13(19)20)3-4-10(12)14(15,16)17/h3-8,18H,1-2H3,(H3,19,20)/b6-5-,18-11?. The predicted octanol–water partition coefficient (Wildman–Crippen LogP) is 3.35. The number of amidine groups is 1. The summed E-state index contributed by atoms with van der Waals surface area (Å²) in [5.41, 5.74) is 4.42. The van der Waals surface area contributed by atoms with Gasteiger partial charge in [0.2, 0.25) is 0 Å². The Morgan fingerprint density at radius 2 is 1.86 bits per heavy atom. The number of nitrogens with one attached hydrogen (secondary N) is 2. The van der Waals surface area contributed by atoms with Crippen molar-refractivity contribution in [3.05, 3.63) is 41.5 Å². The van der Waals surface area contributed by atoms with E-state index in [2.05, 4.69) is 0 Å². The van der Waals surface area contributed by atoms with Crippen LogP contribution in [0.15, 0.2) is 30.4 Å². The minimum atomic E-state index is -4.53. The molecule has 0 heterocycles. The quantitative estimate of drug-likeness (QED) is 0.575. The van der Waals surface area contributed by atoms with Crippen molar-refractivity contribution >= 4 is 11.5 Å². The van der Waals surface area contributed by atoms with Gasteiger partial charge in [0, 0.05) is 5.56 Å². The Hall–Kier alpha value is -2.31. The third-order valence-corrected chi connectivity index (χ3v) is 2.39. The second-order valence-electron chi connectivity index (χ2n) is 4.58. The summed E-state index contributed by atoms with van der Waals surface area (Å²) in [4.78, 5) is 0. The zero-order chi connectivity index (χ0) is 16.2. The Balaban J connectivity index is 3.21. The highest BCUT2D eigenvalue weighted by Crippen LogP contribution is 2.37. The first kappa shape index (κ1) is 16.7. The van der Waals surface area contributed by atoms with Crippen LogP contribution in [0.3, 0.4) is 0 Å². The second kappa shape index (κ2) is 6.43. The third-order valence-electron chi connectivity index (χ3n) is 2.39. The normalized spacial score (nSPS) is 11.9. The lowest BCUT2D eigenvalue weighted by atomic mass is 10.1. The van der Waals surface area contributed by atoms with Crippen LogP contribution in [0.5, 0.6) is 5.75 Å². The molecule has 0 saturated carbocycles. The Morgan fingerprint density at radius 1 is 1.24 bits per heavy atom. The summed E-state index contributed by atoms with van der Waals surface area (Å²) >= 11 is 0. The van der Waals surface area contributed by atoms with Crippen molar-refractivity contribution in [2.45, 2.75) is 26.1 Å². The molecule has 1 aromatic rings. The minimum Gasteiger partial charge on any atom is -0.490 e. The van der Waals surface area contributed by atoms with Crippen LogP contribution in [0.4, 0.5) is 13.2 Å². The average molecular weight is 299 g/mol. The van der Waals surface area contributed by atoms with Gasteiger partial charge in [-0.15, -0.1) is 0 Å². The molecule has 4 N–H and O–H groups in total.